The van der Waals surface area contributed by atoms with E-state index in [2.05, 4.69) is 10.1 Å². The summed E-state index contributed by atoms with van der Waals surface area (Å²) in [5, 5.41) is 11.6. The number of esters is 1. The molecule has 94 valence electrons. The number of hydrogen-bond acceptors (Lipinski definition) is 4. The van der Waals surface area contributed by atoms with E-state index >= 15 is 0 Å². The first-order valence-electron chi connectivity index (χ1n) is 5.42. The molecule has 2 atom stereocenters. The molecule has 2 unspecified atom stereocenters. The Balaban J connectivity index is 4.21. The van der Waals surface area contributed by atoms with Crippen LogP contribution in [0.1, 0.15) is 27.2 Å². The molecule has 0 radical (unpaired) electrons. The molecule has 0 aliphatic rings. The molecule has 0 spiro atoms. The van der Waals surface area contributed by atoms with Crippen molar-refractivity contribution in [3.05, 3.63) is 0 Å². The first-order chi connectivity index (χ1) is 7.38. The van der Waals surface area contributed by atoms with Crippen LogP contribution in [0.25, 0.3) is 0 Å². The van der Waals surface area contributed by atoms with Gasteiger partial charge in [-0.25, -0.2) is 0 Å². The monoisotopic (exact) mass is 231 g/mol. The summed E-state index contributed by atoms with van der Waals surface area (Å²) in [4.78, 5) is 22.0. The number of hydrogen-bond donors (Lipinski definition) is 2. The van der Waals surface area contributed by atoms with Crippen molar-refractivity contribution < 1.29 is 19.4 Å². The van der Waals surface area contributed by atoms with Crippen molar-refractivity contribution in [3.63, 3.8) is 0 Å². The highest BCUT2D eigenvalue weighted by molar-refractivity contribution is 5.75. The second-order valence-electron chi connectivity index (χ2n) is 4.35. The van der Waals surface area contributed by atoms with E-state index in [1.165, 1.54) is 7.11 Å². The summed E-state index contributed by atoms with van der Waals surface area (Å²) >= 11 is 0. The van der Waals surface area contributed by atoms with Crippen LogP contribution < -0.4 is 5.32 Å². The number of carboxylic acids is 1. The fourth-order valence-electron chi connectivity index (χ4n) is 1.28. The second-order valence-corrected chi connectivity index (χ2v) is 4.35. The van der Waals surface area contributed by atoms with Gasteiger partial charge in [0.1, 0.15) is 6.04 Å². The van der Waals surface area contributed by atoms with Crippen LogP contribution in [0.5, 0.6) is 0 Å². The largest absolute Gasteiger partial charge is 0.481 e. The molecule has 0 aliphatic carbocycles. The zero-order chi connectivity index (χ0) is 12.7. The Kier molecular flexibility index (Phi) is 6.72. The van der Waals surface area contributed by atoms with Gasteiger partial charge in [0.15, 0.2) is 0 Å². The summed E-state index contributed by atoms with van der Waals surface area (Å²) < 4.78 is 4.66. The van der Waals surface area contributed by atoms with Crippen molar-refractivity contribution in [1.82, 2.24) is 5.32 Å². The van der Waals surface area contributed by atoms with E-state index in [0.29, 0.717) is 12.3 Å². The van der Waals surface area contributed by atoms with E-state index < -0.39 is 17.9 Å². The lowest BCUT2D eigenvalue weighted by molar-refractivity contribution is -0.145. The molecule has 0 amide bonds. The van der Waals surface area contributed by atoms with Crippen LogP contribution in [-0.4, -0.2) is 36.7 Å². The van der Waals surface area contributed by atoms with Crippen molar-refractivity contribution in [1.29, 1.82) is 0 Å². The molecule has 5 heteroatoms. The van der Waals surface area contributed by atoms with E-state index in [1.54, 1.807) is 6.92 Å². The van der Waals surface area contributed by atoms with Gasteiger partial charge in [0.05, 0.1) is 13.0 Å². The average molecular weight is 231 g/mol. The molecule has 16 heavy (non-hydrogen) atoms. The highest BCUT2D eigenvalue weighted by atomic mass is 16.5. The number of carbonyl (C=O) groups is 2. The van der Waals surface area contributed by atoms with E-state index in [0.717, 1.165) is 0 Å². The van der Waals surface area contributed by atoms with Gasteiger partial charge in [-0.2, -0.15) is 0 Å². The Morgan fingerprint density at radius 1 is 1.31 bits per heavy atom. The van der Waals surface area contributed by atoms with E-state index in [4.69, 9.17) is 5.11 Å². The molecule has 0 saturated carbocycles. The third-order valence-electron chi connectivity index (χ3n) is 2.28. The Bertz CT molecular complexity index is 240. The van der Waals surface area contributed by atoms with Gasteiger partial charge in [-0.3, -0.25) is 9.59 Å². The van der Waals surface area contributed by atoms with Gasteiger partial charge >= 0.3 is 11.9 Å². The topological polar surface area (TPSA) is 75.6 Å². The number of rotatable bonds is 7. The maximum atomic E-state index is 11.4. The molecular formula is C11H21NO4. The van der Waals surface area contributed by atoms with Crippen molar-refractivity contribution in [3.8, 4) is 0 Å². The van der Waals surface area contributed by atoms with Crippen LogP contribution in [0, 0.1) is 11.8 Å². The molecule has 0 saturated heterocycles. The zero-order valence-electron chi connectivity index (χ0n) is 10.3. The Hall–Kier alpha value is -1.10. The summed E-state index contributed by atoms with van der Waals surface area (Å²) in [6, 6.07) is -0.424. The van der Waals surface area contributed by atoms with Crippen LogP contribution in [0.4, 0.5) is 0 Å². The minimum absolute atomic E-state index is 0.266. The Morgan fingerprint density at radius 3 is 2.25 bits per heavy atom. The first-order valence-corrected chi connectivity index (χ1v) is 5.42. The lowest BCUT2D eigenvalue weighted by Crippen LogP contribution is -2.41. The lowest BCUT2D eigenvalue weighted by atomic mass is 10.0. The molecule has 0 aromatic rings. The molecule has 0 aromatic heterocycles. The number of ether oxygens (including phenoxy) is 1. The minimum Gasteiger partial charge on any atom is -0.481 e. The first kappa shape index (κ1) is 14.9. The second kappa shape index (κ2) is 7.22. The van der Waals surface area contributed by atoms with Crippen molar-refractivity contribution in [2.24, 2.45) is 11.8 Å². The Morgan fingerprint density at radius 2 is 1.88 bits per heavy atom. The molecule has 0 fully saturated rings. The van der Waals surface area contributed by atoms with Gasteiger partial charge in [-0.15, -0.1) is 0 Å². The number of methoxy groups -OCH3 is 1. The predicted octanol–water partition coefficient (Wildman–Crippen LogP) is 0.884. The van der Waals surface area contributed by atoms with E-state index in [1.807, 2.05) is 13.8 Å². The van der Waals surface area contributed by atoms with Crippen molar-refractivity contribution in [2.45, 2.75) is 33.2 Å². The van der Waals surface area contributed by atoms with Gasteiger partial charge in [-0.05, 0) is 12.3 Å². The number of nitrogens with one attached hydrogen (secondary N) is 1. The third kappa shape index (κ3) is 5.70. The predicted molar refractivity (Wildman–Crippen MR) is 60.1 cm³/mol. The summed E-state index contributed by atoms with van der Waals surface area (Å²) in [7, 11) is 1.33. The fraction of sp³-hybridized carbons (Fsp3) is 0.818. The van der Waals surface area contributed by atoms with Crippen molar-refractivity contribution in [2.75, 3.05) is 13.7 Å². The standard InChI is InChI=1S/C11H21NO4/c1-7(2)5-9(11(15)16-4)12-6-8(3)10(13)14/h7-9,12H,5-6H2,1-4H3,(H,13,14). The molecule has 0 heterocycles. The molecule has 0 aliphatic heterocycles. The minimum atomic E-state index is -0.874. The number of carbonyl (C=O) groups excluding carboxylic acids is 1. The Labute approximate surface area is 96.2 Å². The lowest BCUT2D eigenvalue weighted by Gasteiger charge is -2.19. The van der Waals surface area contributed by atoms with Gasteiger partial charge in [-0.1, -0.05) is 20.8 Å². The van der Waals surface area contributed by atoms with E-state index in [-0.39, 0.29) is 12.5 Å². The SMILES string of the molecule is COC(=O)C(CC(C)C)NCC(C)C(=O)O. The van der Waals surface area contributed by atoms with Gasteiger partial charge in [0, 0.05) is 6.54 Å². The van der Waals surface area contributed by atoms with E-state index in [9.17, 15) is 9.59 Å². The number of carboxylic acid groups (broad SMARTS) is 1. The van der Waals surface area contributed by atoms with Crippen LogP contribution in [0.2, 0.25) is 0 Å². The summed E-state index contributed by atoms with van der Waals surface area (Å²) in [6.07, 6.45) is 0.638. The molecular weight excluding hydrogens is 210 g/mol. The quantitative estimate of drug-likeness (QED) is 0.636. The zero-order valence-corrected chi connectivity index (χ0v) is 10.3. The van der Waals surface area contributed by atoms with Crippen molar-refractivity contribution >= 4 is 11.9 Å². The molecule has 2 N–H and O–H groups in total. The highest BCUT2D eigenvalue weighted by Crippen LogP contribution is 2.06. The summed E-state index contributed by atoms with van der Waals surface area (Å²) in [6.45, 7) is 5.86. The summed E-state index contributed by atoms with van der Waals surface area (Å²) in [5.41, 5.74) is 0. The van der Waals surface area contributed by atoms with Crippen LogP contribution in [0.15, 0.2) is 0 Å². The average Bonchev–Trinajstić information content (AvgIpc) is 2.21. The molecule has 0 rings (SSSR count). The molecule has 0 bridgehead atoms. The fourth-order valence-corrected chi connectivity index (χ4v) is 1.28. The number of aliphatic carboxylic acids is 1. The summed E-state index contributed by atoms with van der Waals surface area (Å²) in [5.74, 6) is -1.39. The highest BCUT2D eigenvalue weighted by Gasteiger charge is 2.21. The maximum Gasteiger partial charge on any atom is 0.322 e. The smallest absolute Gasteiger partial charge is 0.322 e. The van der Waals surface area contributed by atoms with Crippen LogP contribution in [-0.2, 0) is 14.3 Å². The van der Waals surface area contributed by atoms with Gasteiger partial charge in [0.25, 0.3) is 0 Å². The van der Waals surface area contributed by atoms with Gasteiger partial charge in [0.2, 0.25) is 0 Å². The van der Waals surface area contributed by atoms with Crippen LogP contribution >= 0.6 is 0 Å². The normalized spacial score (nSPS) is 14.6. The van der Waals surface area contributed by atoms with Gasteiger partial charge < -0.3 is 15.2 Å². The van der Waals surface area contributed by atoms with Crippen LogP contribution in [0.3, 0.4) is 0 Å². The third-order valence-corrected chi connectivity index (χ3v) is 2.28. The maximum absolute atomic E-state index is 11.4. The molecule has 0 aromatic carbocycles. The molecule has 5 nitrogen and oxygen atoms in total.